The van der Waals surface area contributed by atoms with Gasteiger partial charge in [-0.1, -0.05) is 0 Å². The lowest BCUT2D eigenvalue weighted by Crippen LogP contribution is -2.50. The zero-order valence-electron chi connectivity index (χ0n) is 11.2. The third-order valence-corrected chi connectivity index (χ3v) is 4.49. The Morgan fingerprint density at radius 1 is 1.70 bits per heavy atom. The summed E-state index contributed by atoms with van der Waals surface area (Å²) in [6.45, 7) is 0. The molecule has 0 aromatic carbocycles. The highest BCUT2D eigenvalue weighted by Gasteiger charge is 2.27. The number of nitrogens with zero attached hydrogens (tertiary/aromatic N) is 2. The number of imidazole rings is 1. The number of aliphatic carboxylic acids is 1. The van der Waals surface area contributed by atoms with E-state index in [0.717, 1.165) is 17.9 Å². The zero-order valence-corrected chi connectivity index (χ0v) is 12.0. The number of carboxylic acid groups (broad SMARTS) is 1. The Hall–Kier alpha value is -1.70. The van der Waals surface area contributed by atoms with Crippen LogP contribution < -0.4 is 5.32 Å². The average Bonchev–Trinajstić information content (AvgIpc) is 3.09. The van der Waals surface area contributed by atoms with E-state index in [0.29, 0.717) is 5.69 Å². The summed E-state index contributed by atoms with van der Waals surface area (Å²) in [7, 11) is 1.71. The normalized spacial score (nSPS) is 19.6. The van der Waals surface area contributed by atoms with E-state index in [1.165, 1.54) is 6.33 Å². The van der Waals surface area contributed by atoms with Crippen LogP contribution in [0.5, 0.6) is 0 Å². The van der Waals surface area contributed by atoms with Crippen molar-refractivity contribution in [3.05, 3.63) is 18.2 Å². The van der Waals surface area contributed by atoms with Crippen LogP contribution in [0.25, 0.3) is 0 Å². The molecule has 1 fully saturated rings. The van der Waals surface area contributed by atoms with E-state index in [-0.39, 0.29) is 18.5 Å². The van der Waals surface area contributed by atoms with Crippen LogP contribution >= 0.6 is 11.8 Å². The van der Waals surface area contributed by atoms with E-state index in [1.807, 2.05) is 0 Å². The molecular weight excluding hydrogens is 280 g/mol. The lowest BCUT2D eigenvalue weighted by molar-refractivity contribution is -0.139. The molecule has 2 heterocycles. The minimum Gasteiger partial charge on any atom is -0.480 e. The lowest BCUT2D eigenvalue weighted by Gasteiger charge is -2.26. The van der Waals surface area contributed by atoms with Crippen molar-refractivity contribution in [1.82, 2.24) is 20.2 Å². The van der Waals surface area contributed by atoms with Crippen LogP contribution in [0.3, 0.4) is 0 Å². The van der Waals surface area contributed by atoms with Gasteiger partial charge in [-0.05, 0) is 12.2 Å². The van der Waals surface area contributed by atoms with Crippen molar-refractivity contribution < 1.29 is 14.7 Å². The standard InChI is InChI=1S/C12H18N4O3S/c1-16(9-2-3-20-6-9)12(19)15-10(11(17)18)4-8-5-13-7-14-8/h5,7,9-10H,2-4,6H2,1H3,(H,13,14)(H,15,19)(H,17,18). The molecule has 1 aromatic rings. The predicted octanol–water partition coefficient (Wildman–Crippen LogP) is 0.552. The number of thioether (sulfide) groups is 1. The molecule has 0 saturated carbocycles. The summed E-state index contributed by atoms with van der Waals surface area (Å²) in [5.41, 5.74) is 0.678. The number of carbonyl (C=O) groups excluding carboxylic acids is 1. The minimum absolute atomic E-state index is 0.182. The molecule has 8 heteroatoms. The van der Waals surface area contributed by atoms with Crippen LogP contribution in [0.1, 0.15) is 12.1 Å². The number of hydrogen-bond donors (Lipinski definition) is 3. The van der Waals surface area contributed by atoms with Gasteiger partial charge in [0.05, 0.1) is 6.33 Å². The molecule has 0 aliphatic carbocycles. The maximum absolute atomic E-state index is 12.1. The molecule has 7 nitrogen and oxygen atoms in total. The fourth-order valence-corrected chi connectivity index (χ4v) is 3.33. The van der Waals surface area contributed by atoms with Gasteiger partial charge in [-0.2, -0.15) is 11.8 Å². The van der Waals surface area contributed by atoms with Crippen LogP contribution in [-0.4, -0.2) is 62.6 Å². The van der Waals surface area contributed by atoms with E-state index < -0.39 is 12.0 Å². The van der Waals surface area contributed by atoms with Gasteiger partial charge in [0, 0.05) is 37.2 Å². The highest BCUT2D eigenvalue weighted by Crippen LogP contribution is 2.21. The molecule has 1 aliphatic rings. The third-order valence-electron chi connectivity index (χ3n) is 3.35. The van der Waals surface area contributed by atoms with Crippen LogP contribution in [0, 0.1) is 0 Å². The van der Waals surface area contributed by atoms with Crippen LogP contribution in [0.15, 0.2) is 12.5 Å². The number of nitrogens with one attached hydrogen (secondary N) is 2. The van der Waals surface area contributed by atoms with E-state index in [2.05, 4.69) is 15.3 Å². The zero-order chi connectivity index (χ0) is 14.5. The fraction of sp³-hybridized carbons (Fsp3) is 0.583. The van der Waals surface area contributed by atoms with Crippen LogP contribution in [0.4, 0.5) is 4.79 Å². The van der Waals surface area contributed by atoms with Crippen LogP contribution in [-0.2, 0) is 11.2 Å². The van der Waals surface area contributed by atoms with E-state index >= 15 is 0 Å². The molecule has 0 spiro atoms. The quantitative estimate of drug-likeness (QED) is 0.737. The monoisotopic (exact) mass is 298 g/mol. The number of carboxylic acids is 1. The largest absolute Gasteiger partial charge is 0.480 e. The first-order valence-corrected chi connectivity index (χ1v) is 7.54. The number of rotatable bonds is 5. The summed E-state index contributed by atoms with van der Waals surface area (Å²) in [6, 6.07) is -1.12. The van der Waals surface area contributed by atoms with Crippen molar-refractivity contribution in [1.29, 1.82) is 0 Å². The molecule has 20 heavy (non-hydrogen) atoms. The molecule has 1 saturated heterocycles. The summed E-state index contributed by atoms with van der Waals surface area (Å²) in [5, 5.41) is 11.8. The average molecular weight is 298 g/mol. The Bertz CT molecular complexity index is 459. The molecule has 1 aliphatic heterocycles. The smallest absolute Gasteiger partial charge is 0.326 e. The molecule has 0 radical (unpaired) electrons. The van der Waals surface area contributed by atoms with Crippen molar-refractivity contribution >= 4 is 23.8 Å². The summed E-state index contributed by atoms with van der Waals surface area (Å²) in [6.07, 6.45) is 4.18. The molecule has 0 bridgehead atoms. The second-order valence-electron chi connectivity index (χ2n) is 4.75. The second kappa shape index (κ2) is 6.65. The van der Waals surface area contributed by atoms with Crippen molar-refractivity contribution in [2.24, 2.45) is 0 Å². The number of carbonyl (C=O) groups is 2. The van der Waals surface area contributed by atoms with Gasteiger partial charge in [0.1, 0.15) is 6.04 Å². The second-order valence-corrected chi connectivity index (χ2v) is 5.90. The van der Waals surface area contributed by atoms with Crippen molar-refractivity contribution in [2.75, 3.05) is 18.6 Å². The van der Waals surface area contributed by atoms with Crippen molar-refractivity contribution in [2.45, 2.75) is 24.9 Å². The minimum atomic E-state index is -1.05. The van der Waals surface area contributed by atoms with Gasteiger partial charge in [0.15, 0.2) is 0 Å². The van der Waals surface area contributed by atoms with Gasteiger partial charge < -0.3 is 20.3 Å². The highest BCUT2D eigenvalue weighted by molar-refractivity contribution is 7.99. The molecule has 2 unspecified atom stereocenters. The van der Waals surface area contributed by atoms with Gasteiger partial charge in [0.25, 0.3) is 0 Å². The molecule has 2 amide bonds. The Balaban J connectivity index is 1.93. The molecular formula is C12H18N4O3S. The topological polar surface area (TPSA) is 98.3 Å². The van der Waals surface area contributed by atoms with Crippen molar-refractivity contribution in [3.63, 3.8) is 0 Å². The molecule has 110 valence electrons. The summed E-state index contributed by atoms with van der Waals surface area (Å²) in [4.78, 5) is 31.6. The summed E-state index contributed by atoms with van der Waals surface area (Å²) < 4.78 is 0. The lowest BCUT2D eigenvalue weighted by atomic mass is 10.1. The number of aromatic amines is 1. The number of aromatic nitrogens is 2. The maximum Gasteiger partial charge on any atom is 0.326 e. The molecule has 2 rings (SSSR count). The summed E-state index contributed by atoms with van der Waals surface area (Å²) >= 11 is 1.81. The Morgan fingerprint density at radius 3 is 3.05 bits per heavy atom. The summed E-state index contributed by atoms with van der Waals surface area (Å²) in [5.74, 6) is 0.892. The third kappa shape index (κ3) is 3.66. The molecule has 2 atom stereocenters. The van der Waals surface area contributed by atoms with E-state index in [1.54, 1.807) is 29.9 Å². The van der Waals surface area contributed by atoms with E-state index in [4.69, 9.17) is 0 Å². The number of amides is 2. The van der Waals surface area contributed by atoms with Crippen LogP contribution in [0.2, 0.25) is 0 Å². The molecule has 3 N–H and O–H groups in total. The number of urea groups is 1. The van der Waals surface area contributed by atoms with Gasteiger partial charge in [0.2, 0.25) is 0 Å². The first-order valence-electron chi connectivity index (χ1n) is 6.39. The maximum atomic E-state index is 12.1. The first-order chi connectivity index (χ1) is 9.58. The highest BCUT2D eigenvalue weighted by atomic mass is 32.2. The van der Waals surface area contributed by atoms with Gasteiger partial charge in [-0.15, -0.1) is 0 Å². The predicted molar refractivity (Wildman–Crippen MR) is 75.7 cm³/mol. The fourth-order valence-electron chi connectivity index (χ4n) is 2.06. The molecule has 1 aromatic heterocycles. The van der Waals surface area contributed by atoms with Crippen molar-refractivity contribution in [3.8, 4) is 0 Å². The Morgan fingerprint density at radius 2 is 2.50 bits per heavy atom. The van der Waals surface area contributed by atoms with E-state index in [9.17, 15) is 14.7 Å². The van der Waals surface area contributed by atoms with Gasteiger partial charge >= 0.3 is 12.0 Å². The van der Waals surface area contributed by atoms with Gasteiger partial charge in [-0.3, -0.25) is 0 Å². The SMILES string of the molecule is CN(C(=O)NC(Cc1cnc[nH]1)C(=O)O)C1CCSC1. The first kappa shape index (κ1) is 14.7. The van der Waals surface area contributed by atoms with Gasteiger partial charge in [-0.25, -0.2) is 14.6 Å². The number of H-pyrrole nitrogens is 1. The number of hydrogen-bond acceptors (Lipinski definition) is 4. The Kier molecular flexibility index (Phi) is 4.89. The Labute approximate surface area is 121 Å².